The highest BCUT2D eigenvalue weighted by molar-refractivity contribution is 6.17. The van der Waals surface area contributed by atoms with E-state index in [-0.39, 0.29) is 0 Å². The average molecular weight is 182 g/mol. The van der Waals surface area contributed by atoms with Crippen LogP contribution in [0.4, 0.5) is 4.79 Å². The second kappa shape index (κ2) is 3.84. The first-order chi connectivity index (χ1) is 6.15. The van der Waals surface area contributed by atoms with Crippen LogP contribution in [0.2, 0.25) is 0 Å². The highest BCUT2D eigenvalue weighted by atomic mass is 16.2. The Labute approximate surface area is 75.2 Å². The molecule has 1 rings (SSSR count). The number of carbonyl (C=O) groups is 3. The Kier molecular flexibility index (Phi) is 2.79. The first-order valence-electron chi connectivity index (χ1n) is 3.97. The third-order valence-electron chi connectivity index (χ3n) is 1.60. The van der Waals surface area contributed by atoms with Gasteiger partial charge in [0.25, 0.3) is 0 Å². The van der Waals surface area contributed by atoms with Gasteiger partial charge in [0, 0.05) is 0 Å². The average Bonchev–Trinajstić information content (AvgIpc) is 2.02. The molecule has 0 bridgehead atoms. The van der Waals surface area contributed by atoms with E-state index < -0.39 is 23.8 Å². The lowest BCUT2D eigenvalue weighted by atomic mass is 10.1. The van der Waals surface area contributed by atoms with Crippen molar-refractivity contribution in [3.8, 4) is 0 Å². The van der Waals surface area contributed by atoms with Crippen LogP contribution < -0.4 is 10.6 Å². The van der Waals surface area contributed by atoms with Gasteiger partial charge in [0.1, 0.15) is 5.92 Å². The summed E-state index contributed by atoms with van der Waals surface area (Å²) in [5.74, 6) is -2.02. The Morgan fingerprint density at radius 1 is 1.23 bits per heavy atom. The number of imide groups is 2. The van der Waals surface area contributed by atoms with Crippen molar-refractivity contribution < 1.29 is 14.4 Å². The number of nitrogens with one attached hydrogen (secondary N) is 2. The van der Waals surface area contributed by atoms with Crippen LogP contribution >= 0.6 is 0 Å². The number of hydrogen-bond acceptors (Lipinski definition) is 3. The first kappa shape index (κ1) is 9.44. The largest absolute Gasteiger partial charge is 0.328 e. The molecule has 2 N–H and O–H groups in total. The molecular formula is C8H10N2O3. The Balaban J connectivity index is 2.73. The minimum atomic E-state index is -0.877. The zero-order valence-electron chi connectivity index (χ0n) is 7.16. The Morgan fingerprint density at radius 3 is 2.23 bits per heavy atom. The topological polar surface area (TPSA) is 75.3 Å². The number of amides is 4. The fraction of sp³-hybridized carbons (Fsp3) is 0.375. The van der Waals surface area contributed by atoms with E-state index in [9.17, 15) is 14.4 Å². The molecule has 0 unspecified atom stereocenters. The van der Waals surface area contributed by atoms with Crippen LogP contribution in [0.25, 0.3) is 0 Å². The van der Waals surface area contributed by atoms with Crippen LogP contribution in [0.15, 0.2) is 12.2 Å². The highest BCUT2D eigenvalue weighted by Crippen LogP contribution is 2.04. The summed E-state index contributed by atoms with van der Waals surface area (Å²) in [6, 6.07) is -0.754. The predicted octanol–water partition coefficient (Wildman–Crippen LogP) is -0.0652. The number of rotatable bonds is 2. The van der Waals surface area contributed by atoms with Gasteiger partial charge in [-0.3, -0.25) is 20.2 Å². The van der Waals surface area contributed by atoms with Gasteiger partial charge < -0.3 is 0 Å². The van der Waals surface area contributed by atoms with E-state index in [4.69, 9.17) is 0 Å². The van der Waals surface area contributed by atoms with Crippen LogP contribution in [0, 0.1) is 5.92 Å². The number of carbonyl (C=O) groups excluding carboxylic acids is 3. The molecule has 0 aromatic rings. The third-order valence-corrected chi connectivity index (χ3v) is 1.60. The summed E-state index contributed by atoms with van der Waals surface area (Å²) in [6.07, 6.45) is 3.93. The summed E-state index contributed by atoms with van der Waals surface area (Å²) in [7, 11) is 0. The second-order valence-electron chi connectivity index (χ2n) is 2.62. The van der Waals surface area contributed by atoms with Gasteiger partial charge in [-0.2, -0.15) is 0 Å². The van der Waals surface area contributed by atoms with Gasteiger partial charge in [-0.1, -0.05) is 19.1 Å². The SMILES string of the molecule is CCC=CC1C(=O)NC(=O)NC1=O. The van der Waals surface area contributed by atoms with Crippen molar-refractivity contribution in [1.29, 1.82) is 0 Å². The molecule has 5 heteroatoms. The fourth-order valence-electron chi connectivity index (χ4n) is 0.977. The number of urea groups is 1. The van der Waals surface area contributed by atoms with E-state index in [0.717, 1.165) is 6.42 Å². The van der Waals surface area contributed by atoms with Crippen LogP contribution in [-0.4, -0.2) is 17.8 Å². The lowest BCUT2D eigenvalue weighted by Gasteiger charge is -2.17. The van der Waals surface area contributed by atoms with Crippen LogP contribution in [0.5, 0.6) is 0 Å². The molecule has 1 fully saturated rings. The van der Waals surface area contributed by atoms with E-state index >= 15 is 0 Å². The molecule has 0 spiro atoms. The standard InChI is InChI=1S/C8H10N2O3/c1-2-3-4-5-6(11)9-8(13)10-7(5)12/h3-5H,2H2,1H3,(H2,9,10,11,12,13). The van der Waals surface area contributed by atoms with Crippen molar-refractivity contribution in [3.63, 3.8) is 0 Å². The number of barbiturate groups is 1. The molecule has 1 saturated heterocycles. The molecule has 13 heavy (non-hydrogen) atoms. The van der Waals surface area contributed by atoms with E-state index in [1.807, 2.05) is 17.6 Å². The van der Waals surface area contributed by atoms with Crippen molar-refractivity contribution in [1.82, 2.24) is 10.6 Å². The first-order valence-corrected chi connectivity index (χ1v) is 3.97. The zero-order valence-corrected chi connectivity index (χ0v) is 7.16. The maximum Gasteiger partial charge on any atom is 0.328 e. The smallest absolute Gasteiger partial charge is 0.277 e. The summed E-state index contributed by atoms with van der Waals surface area (Å²) >= 11 is 0. The molecule has 1 aliphatic heterocycles. The van der Waals surface area contributed by atoms with Gasteiger partial charge in [-0.15, -0.1) is 0 Å². The number of allylic oxidation sites excluding steroid dienone is 1. The summed E-state index contributed by atoms with van der Waals surface area (Å²) in [5, 5.41) is 4.02. The summed E-state index contributed by atoms with van der Waals surface area (Å²) in [4.78, 5) is 32.8. The number of hydrogen-bond donors (Lipinski definition) is 2. The highest BCUT2D eigenvalue weighted by Gasteiger charge is 2.31. The molecule has 4 amide bonds. The van der Waals surface area contributed by atoms with E-state index in [1.54, 1.807) is 6.08 Å². The van der Waals surface area contributed by atoms with E-state index in [1.165, 1.54) is 6.08 Å². The van der Waals surface area contributed by atoms with Gasteiger partial charge in [0.2, 0.25) is 11.8 Å². The Hall–Kier alpha value is -1.65. The molecule has 0 aromatic carbocycles. The van der Waals surface area contributed by atoms with Gasteiger partial charge in [0.15, 0.2) is 0 Å². The second-order valence-corrected chi connectivity index (χ2v) is 2.62. The minimum absolute atomic E-state index is 0.571. The summed E-state index contributed by atoms with van der Waals surface area (Å²) in [6.45, 7) is 1.89. The molecule has 1 aliphatic rings. The normalized spacial score (nSPS) is 19.0. The monoisotopic (exact) mass is 182 g/mol. The summed E-state index contributed by atoms with van der Waals surface area (Å²) in [5.41, 5.74) is 0. The lowest BCUT2D eigenvalue weighted by Crippen LogP contribution is -2.55. The quantitative estimate of drug-likeness (QED) is 0.464. The van der Waals surface area contributed by atoms with Crippen molar-refractivity contribution in [2.24, 2.45) is 5.92 Å². The van der Waals surface area contributed by atoms with Crippen LogP contribution in [-0.2, 0) is 9.59 Å². The zero-order chi connectivity index (χ0) is 9.84. The fourth-order valence-corrected chi connectivity index (χ4v) is 0.977. The third kappa shape index (κ3) is 2.14. The Morgan fingerprint density at radius 2 is 1.77 bits per heavy atom. The van der Waals surface area contributed by atoms with E-state index in [2.05, 4.69) is 0 Å². The molecule has 0 atom stereocenters. The van der Waals surface area contributed by atoms with Gasteiger partial charge in [0.05, 0.1) is 0 Å². The molecule has 0 aromatic heterocycles. The van der Waals surface area contributed by atoms with Gasteiger partial charge in [-0.25, -0.2) is 4.79 Å². The molecule has 0 saturated carbocycles. The van der Waals surface area contributed by atoms with Crippen molar-refractivity contribution in [2.75, 3.05) is 0 Å². The van der Waals surface area contributed by atoms with Crippen molar-refractivity contribution in [3.05, 3.63) is 12.2 Å². The van der Waals surface area contributed by atoms with E-state index in [0.29, 0.717) is 0 Å². The lowest BCUT2D eigenvalue weighted by molar-refractivity contribution is -0.133. The molecule has 70 valence electrons. The van der Waals surface area contributed by atoms with Crippen molar-refractivity contribution in [2.45, 2.75) is 13.3 Å². The maximum atomic E-state index is 11.1. The minimum Gasteiger partial charge on any atom is -0.277 e. The predicted molar refractivity (Wildman–Crippen MR) is 44.6 cm³/mol. The maximum absolute atomic E-state index is 11.1. The Bertz CT molecular complexity index is 263. The van der Waals surface area contributed by atoms with Crippen LogP contribution in [0.1, 0.15) is 13.3 Å². The molecule has 1 heterocycles. The van der Waals surface area contributed by atoms with Gasteiger partial charge >= 0.3 is 6.03 Å². The molecule has 0 radical (unpaired) electrons. The van der Waals surface area contributed by atoms with Crippen molar-refractivity contribution >= 4 is 17.8 Å². The molecule has 5 nitrogen and oxygen atoms in total. The van der Waals surface area contributed by atoms with Crippen LogP contribution in [0.3, 0.4) is 0 Å². The van der Waals surface area contributed by atoms with Gasteiger partial charge in [-0.05, 0) is 6.42 Å². The molecule has 0 aliphatic carbocycles. The molecular weight excluding hydrogens is 172 g/mol. The summed E-state index contributed by atoms with van der Waals surface area (Å²) < 4.78 is 0.